The number of piperidine rings is 1. The first-order valence-corrected chi connectivity index (χ1v) is 11.3. The molecule has 1 N–H and O–H groups in total. The number of hydrogen-bond acceptors (Lipinski definition) is 5. The maximum absolute atomic E-state index is 12.7. The van der Waals surface area contributed by atoms with Crippen LogP contribution in [0.5, 0.6) is 0 Å². The van der Waals surface area contributed by atoms with Crippen LogP contribution in [-0.4, -0.2) is 89.7 Å². The molecule has 0 bridgehead atoms. The molecule has 0 saturated carbocycles. The molecule has 2 aliphatic rings. The third-order valence-electron chi connectivity index (χ3n) is 5.66. The Kier molecular flexibility index (Phi) is 7.55. The lowest BCUT2D eigenvalue weighted by Crippen LogP contribution is -2.46. The molecule has 8 heteroatoms. The van der Waals surface area contributed by atoms with Gasteiger partial charge in [-0.2, -0.15) is 11.8 Å². The van der Waals surface area contributed by atoms with Gasteiger partial charge in [0.1, 0.15) is 0 Å². The molecule has 2 heterocycles. The molecule has 3 rings (SSSR count). The lowest BCUT2D eigenvalue weighted by atomic mass is 10.0. The number of hydrogen-bond donors (Lipinski definition) is 1. The second-order valence-corrected chi connectivity index (χ2v) is 8.90. The summed E-state index contributed by atoms with van der Waals surface area (Å²) < 4.78 is 0. The van der Waals surface area contributed by atoms with Crippen molar-refractivity contribution in [1.82, 2.24) is 14.7 Å². The van der Waals surface area contributed by atoms with Crippen LogP contribution in [0.1, 0.15) is 30.1 Å². The molecule has 0 spiro atoms. The molecule has 2 fully saturated rings. The molecule has 1 aromatic rings. The normalized spacial score (nSPS) is 18.3. The number of rotatable bonds is 5. The van der Waals surface area contributed by atoms with Gasteiger partial charge in [0.2, 0.25) is 11.8 Å². The van der Waals surface area contributed by atoms with Crippen molar-refractivity contribution in [2.75, 3.05) is 56.6 Å². The van der Waals surface area contributed by atoms with Crippen molar-refractivity contribution in [1.29, 1.82) is 0 Å². The van der Waals surface area contributed by atoms with E-state index in [1.54, 1.807) is 24.0 Å². The summed E-state index contributed by atoms with van der Waals surface area (Å²) in [5.74, 6) is 1.97. The highest BCUT2D eigenvalue weighted by Gasteiger charge is 2.25. The number of nitrogens with one attached hydrogen (secondary N) is 1. The SMILES string of the molecule is CC(=O)N(C)C1CCN(CC(=O)Nc2cccc(C(=O)N3CCSCC3)c2)CC1. The van der Waals surface area contributed by atoms with Crippen molar-refractivity contribution in [2.24, 2.45) is 0 Å². The molecular weight excluding hydrogens is 388 g/mol. The molecule has 0 atom stereocenters. The van der Waals surface area contributed by atoms with Crippen molar-refractivity contribution in [3.8, 4) is 0 Å². The molecule has 29 heavy (non-hydrogen) atoms. The minimum absolute atomic E-state index is 0.0260. The Balaban J connectivity index is 1.50. The minimum Gasteiger partial charge on any atom is -0.343 e. The molecule has 158 valence electrons. The summed E-state index contributed by atoms with van der Waals surface area (Å²) in [7, 11) is 1.84. The van der Waals surface area contributed by atoms with Gasteiger partial charge in [0, 0.05) is 68.9 Å². The first kappa shape index (κ1) is 21.6. The summed E-state index contributed by atoms with van der Waals surface area (Å²) in [5.41, 5.74) is 1.27. The van der Waals surface area contributed by atoms with E-state index in [9.17, 15) is 14.4 Å². The summed E-state index contributed by atoms with van der Waals surface area (Å²) in [6.45, 7) is 5.03. The molecule has 0 aliphatic carbocycles. The summed E-state index contributed by atoms with van der Waals surface area (Å²) in [6.07, 6.45) is 1.75. The van der Waals surface area contributed by atoms with E-state index in [0.29, 0.717) is 17.8 Å². The quantitative estimate of drug-likeness (QED) is 0.789. The van der Waals surface area contributed by atoms with Crippen molar-refractivity contribution >= 4 is 35.2 Å². The molecule has 3 amide bonds. The predicted molar refractivity (Wildman–Crippen MR) is 116 cm³/mol. The fourth-order valence-corrected chi connectivity index (χ4v) is 4.71. The van der Waals surface area contributed by atoms with Gasteiger partial charge in [-0.25, -0.2) is 0 Å². The highest BCUT2D eigenvalue weighted by molar-refractivity contribution is 7.99. The zero-order chi connectivity index (χ0) is 20.8. The Bertz CT molecular complexity index is 743. The first-order valence-electron chi connectivity index (χ1n) is 10.2. The molecule has 1 aromatic carbocycles. The average Bonchev–Trinajstić information content (AvgIpc) is 2.74. The van der Waals surface area contributed by atoms with E-state index in [-0.39, 0.29) is 23.8 Å². The number of anilines is 1. The van der Waals surface area contributed by atoms with E-state index < -0.39 is 0 Å². The molecule has 7 nitrogen and oxygen atoms in total. The molecule has 0 unspecified atom stereocenters. The fourth-order valence-electron chi connectivity index (χ4n) is 3.80. The molecule has 2 aliphatic heterocycles. The van der Waals surface area contributed by atoms with Crippen LogP contribution in [0.4, 0.5) is 5.69 Å². The number of thioether (sulfide) groups is 1. The largest absolute Gasteiger partial charge is 0.343 e. The van der Waals surface area contributed by atoms with E-state index in [1.807, 2.05) is 35.8 Å². The van der Waals surface area contributed by atoms with Crippen LogP contribution in [0.2, 0.25) is 0 Å². The van der Waals surface area contributed by atoms with Crippen molar-refractivity contribution in [3.05, 3.63) is 29.8 Å². The second kappa shape index (κ2) is 10.1. The summed E-state index contributed by atoms with van der Waals surface area (Å²) in [5, 5.41) is 2.92. The van der Waals surface area contributed by atoms with Gasteiger partial charge >= 0.3 is 0 Å². The van der Waals surface area contributed by atoms with Crippen LogP contribution in [0, 0.1) is 0 Å². The third-order valence-corrected chi connectivity index (χ3v) is 6.60. The van der Waals surface area contributed by atoms with E-state index >= 15 is 0 Å². The molecule has 2 saturated heterocycles. The van der Waals surface area contributed by atoms with Gasteiger partial charge in [0.25, 0.3) is 5.91 Å². The topological polar surface area (TPSA) is 73.0 Å². The Morgan fingerprint density at radius 2 is 1.83 bits per heavy atom. The van der Waals surface area contributed by atoms with Gasteiger partial charge in [0.15, 0.2) is 0 Å². The number of likely N-dealkylation sites (tertiary alicyclic amines) is 1. The zero-order valence-corrected chi connectivity index (χ0v) is 18.0. The van der Waals surface area contributed by atoms with E-state index in [2.05, 4.69) is 10.2 Å². The number of nitrogens with zero attached hydrogens (tertiary/aromatic N) is 3. The minimum atomic E-state index is -0.0812. The van der Waals surface area contributed by atoms with Gasteiger partial charge in [-0.1, -0.05) is 6.07 Å². The van der Waals surface area contributed by atoms with Crippen molar-refractivity contribution in [3.63, 3.8) is 0 Å². The highest BCUT2D eigenvalue weighted by Crippen LogP contribution is 2.18. The van der Waals surface area contributed by atoms with E-state index in [1.165, 1.54) is 0 Å². The van der Waals surface area contributed by atoms with Crippen LogP contribution in [0.15, 0.2) is 24.3 Å². The molecule has 0 radical (unpaired) electrons. The summed E-state index contributed by atoms with van der Waals surface area (Å²) in [6, 6.07) is 7.44. The zero-order valence-electron chi connectivity index (χ0n) is 17.2. The molecule has 0 aromatic heterocycles. The summed E-state index contributed by atoms with van der Waals surface area (Å²) in [4.78, 5) is 42.4. The standard InChI is InChI=1S/C21H30N4O3S/c1-16(26)23(2)19-6-8-24(9-7-19)15-20(27)22-18-5-3-4-17(14-18)21(28)25-10-12-29-13-11-25/h3-5,14,19H,6-13,15H2,1-2H3,(H,22,27). The van der Waals surface area contributed by atoms with Crippen molar-refractivity contribution in [2.45, 2.75) is 25.8 Å². The van der Waals surface area contributed by atoms with Crippen LogP contribution >= 0.6 is 11.8 Å². The lowest BCUT2D eigenvalue weighted by molar-refractivity contribution is -0.130. The van der Waals surface area contributed by atoms with Gasteiger partial charge < -0.3 is 15.1 Å². The van der Waals surface area contributed by atoms with Gasteiger partial charge in [-0.05, 0) is 31.0 Å². The van der Waals surface area contributed by atoms with E-state index in [4.69, 9.17) is 0 Å². The van der Waals surface area contributed by atoms with Gasteiger partial charge in [-0.15, -0.1) is 0 Å². The number of benzene rings is 1. The average molecular weight is 419 g/mol. The van der Waals surface area contributed by atoms with Gasteiger partial charge in [-0.3, -0.25) is 19.3 Å². The van der Waals surface area contributed by atoms with Gasteiger partial charge in [0.05, 0.1) is 6.54 Å². The van der Waals surface area contributed by atoms with Crippen LogP contribution in [-0.2, 0) is 9.59 Å². The maximum Gasteiger partial charge on any atom is 0.253 e. The third kappa shape index (κ3) is 5.96. The maximum atomic E-state index is 12.7. The lowest BCUT2D eigenvalue weighted by Gasteiger charge is -2.36. The highest BCUT2D eigenvalue weighted by atomic mass is 32.2. The second-order valence-electron chi connectivity index (χ2n) is 7.67. The number of carbonyl (C=O) groups is 3. The van der Waals surface area contributed by atoms with Crippen LogP contribution < -0.4 is 5.32 Å². The smallest absolute Gasteiger partial charge is 0.253 e. The number of amides is 3. The Hall–Kier alpha value is -2.06. The first-order chi connectivity index (χ1) is 13.9. The fraction of sp³-hybridized carbons (Fsp3) is 0.571. The Morgan fingerprint density at radius 3 is 2.48 bits per heavy atom. The Labute approximate surface area is 176 Å². The van der Waals surface area contributed by atoms with Crippen LogP contribution in [0.25, 0.3) is 0 Å². The number of carbonyl (C=O) groups excluding carboxylic acids is 3. The van der Waals surface area contributed by atoms with Crippen LogP contribution in [0.3, 0.4) is 0 Å². The molecular formula is C21H30N4O3S. The monoisotopic (exact) mass is 418 g/mol. The van der Waals surface area contributed by atoms with Crippen molar-refractivity contribution < 1.29 is 14.4 Å². The Morgan fingerprint density at radius 1 is 1.14 bits per heavy atom. The summed E-state index contributed by atoms with van der Waals surface area (Å²) >= 11 is 1.87. The van der Waals surface area contributed by atoms with E-state index in [0.717, 1.165) is 50.5 Å². The predicted octanol–water partition coefficient (Wildman–Crippen LogP) is 1.76.